The first kappa shape index (κ1) is 12.8. The molecule has 19 heavy (non-hydrogen) atoms. The van der Waals surface area contributed by atoms with E-state index in [0.29, 0.717) is 12.2 Å². The summed E-state index contributed by atoms with van der Waals surface area (Å²) >= 11 is 0. The first-order valence-corrected chi connectivity index (χ1v) is 5.68. The van der Waals surface area contributed by atoms with Gasteiger partial charge in [0.1, 0.15) is 5.82 Å². The van der Waals surface area contributed by atoms with Gasteiger partial charge in [0.25, 0.3) is 0 Å². The molecule has 2 rings (SSSR count). The summed E-state index contributed by atoms with van der Waals surface area (Å²) in [4.78, 5) is 21.1. The van der Waals surface area contributed by atoms with Crippen LogP contribution < -0.4 is 10.6 Å². The third-order valence-electron chi connectivity index (χ3n) is 2.67. The average Bonchev–Trinajstić information content (AvgIpc) is 2.39. The molecule has 2 heterocycles. The molecule has 0 aromatic carbocycles. The Morgan fingerprint density at radius 3 is 2.84 bits per heavy atom. The largest absolute Gasteiger partial charge is 0.478 e. The molecule has 6 heteroatoms. The predicted molar refractivity (Wildman–Crippen MR) is 72.0 cm³/mol. The standard InChI is InChI=1S/C13H14N4O2/c1-17(8-9-4-2-3-5-15-9)11-7-16-12(14)6-10(11)13(18)19/h2-7H,8H2,1H3,(H2,14,16)(H,18,19). The highest BCUT2D eigenvalue weighted by atomic mass is 16.4. The highest BCUT2D eigenvalue weighted by Crippen LogP contribution is 2.21. The van der Waals surface area contributed by atoms with E-state index >= 15 is 0 Å². The highest BCUT2D eigenvalue weighted by Gasteiger charge is 2.15. The molecule has 0 unspecified atom stereocenters. The van der Waals surface area contributed by atoms with Gasteiger partial charge in [-0.1, -0.05) is 6.07 Å². The van der Waals surface area contributed by atoms with Crippen molar-refractivity contribution in [3.63, 3.8) is 0 Å². The SMILES string of the molecule is CN(Cc1ccccn1)c1cnc(N)cc1C(=O)O. The minimum atomic E-state index is -1.03. The van der Waals surface area contributed by atoms with Gasteiger partial charge in [-0.15, -0.1) is 0 Å². The monoisotopic (exact) mass is 258 g/mol. The molecular formula is C13H14N4O2. The minimum Gasteiger partial charge on any atom is -0.478 e. The quantitative estimate of drug-likeness (QED) is 0.861. The van der Waals surface area contributed by atoms with Gasteiger partial charge in [0, 0.05) is 13.2 Å². The summed E-state index contributed by atoms with van der Waals surface area (Å²) in [6, 6.07) is 6.95. The van der Waals surface area contributed by atoms with Gasteiger partial charge in [-0.25, -0.2) is 9.78 Å². The number of nitrogens with two attached hydrogens (primary N) is 1. The summed E-state index contributed by atoms with van der Waals surface area (Å²) in [5, 5.41) is 9.18. The second-order valence-electron chi connectivity index (χ2n) is 4.11. The first-order valence-electron chi connectivity index (χ1n) is 5.68. The average molecular weight is 258 g/mol. The smallest absolute Gasteiger partial charge is 0.338 e. The normalized spacial score (nSPS) is 10.2. The zero-order chi connectivity index (χ0) is 13.8. The molecule has 0 saturated heterocycles. The lowest BCUT2D eigenvalue weighted by Crippen LogP contribution is -2.20. The summed E-state index contributed by atoms with van der Waals surface area (Å²) in [7, 11) is 1.79. The lowest BCUT2D eigenvalue weighted by molar-refractivity contribution is 0.0697. The Hall–Kier alpha value is -2.63. The van der Waals surface area contributed by atoms with Crippen LogP contribution in [0.4, 0.5) is 11.5 Å². The molecule has 0 aliphatic carbocycles. The van der Waals surface area contributed by atoms with Gasteiger partial charge in [0.05, 0.1) is 29.7 Å². The molecule has 3 N–H and O–H groups in total. The van der Waals surface area contributed by atoms with Gasteiger partial charge in [-0.3, -0.25) is 4.98 Å². The van der Waals surface area contributed by atoms with E-state index in [1.807, 2.05) is 18.2 Å². The molecule has 0 aliphatic rings. The number of carbonyl (C=O) groups is 1. The fourth-order valence-corrected chi connectivity index (χ4v) is 1.76. The number of carboxylic acids is 1. The van der Waals surface area contributed by atoms with Crippen LogP contribution in [-0.4, -0.2) is 28.1 Å². The van der Waals surface area contributed by atoms with Crippen molar-refractivity contribution in [3.05, 3.63) is 47.9 Å². The van der Waals surface area contributed by atoms with E-state index in [1.165, 1.54) is 12.3 Å². The molecule has 0 spiro atoms. The van der Waals surface area contributed by atoms with Crippen LogP contribution in [0.3, 0.4) is 0 Å². The van der Waals surface area contributed by atoms with Crippen LogP contribution >= 0.6 is 0 Å². The molecule has 98 valence electrons. The molecule has 0 bridgehead atoms. The maximum atomic E-state index is 11.2. The van der Waals surface area contributed by atoms with Crippen molar-refractivity contribution in [1.29, 1.82) is 0 Å². The van der Waals surface area contributed by atoms with Crippen molar-refractivity contribution in [2.75, 3.05) is 17.7 Å². The van der Waals surface area contributed by atoms with Gasteiger partial charge in [-0.05, 0) is 18.2 Å². The van der Waals surface area contributed by atoms with Crippen LogP contribution in [0.1, 0.15) is 16.1 Å². The predicted octanol–water partition coefficient (Wildman–Crippen LogP) is 1.39. The van der Waals surface area contributed by atoms with Crippen molar-refractivity contribution in [1.82, 2.24) is 9.97 Å². The van der Waals surface area contributed by atoms with Gasteiger partial charge in [-0.2, -0.15) is 0 Å². The van der Waals surface area contributed by atoms with Gasteiger partial charge < -0.3 is 15.7 Å². The Bertz CT molecular complexity index is 586. The van der Waals surface area contributed by atoms with Gasteiger partial charge in [0.2, 0.25) is 0 Å². The zero-order valence-electron chi connectivity index (χ0n) is 10.4. The van der Waals surface area contributed by atoms with Crippen LogP contribution in [0, 0.1) is 0 Å². The lowest BCUT2D eigenvalue weighted by Gasteiger charge is -2.20. The third-order valence-corrected chi connectivity index (χ3v) is 2.67. The lowest BCUT2D eigenvalue weighted by atomic mass is 10.2. The molecule has 2 aromatic heterocycles. The van der Waals surface area contributed by atoms with Crippen LogP contribution in [0.5, 0.6) is 0 Å². The molecule has 0 amide bonds. The van der Waals surface area contributed by atoms with Gasteiger partial charge in [0.15, 0.2) is 0 Å². The van der Waals surface area contributed by atoms with E-state index in [0.717, 1.165) is 5.69 Å². The third kappa shape index (κ3) is 2.98. The van der Waals surface area contributed by atoms with E-state index in [1.54, 1.807) is 18.1 Å². The number of aromatic carboxylic acids is 1. The van der Waals surface area contributed by atoms with Crippen molar-refractivity contribution in [2.45, 2.75) is 6.54 Å². The Balaban J connectivity index is 2.28. The molecule has 0 aliphatic heterocycles. The first-order chi connectivity index (χ1) is 9.08. The molecule has 0 atom stereocenters. The van der Waals surface area contributed by atoms with E-state index in [-0.39, 0.29) is 11.4 Å². The Morgan fingerprint density at radius 1 is 1.42 bits per heavy atom. The summed E-state index contributed by atoms with van der Waals surface area (Å²) in [6.07, 6.45) is 3.16. The number of pyridine rings is 2. The molecule has 0 saturated carbocycles. The van der Waals surface area contributed by atoms with E-state index in [9.17, 15) is 9.90 Å². The number of hydrogen-bond acceptors (Lipinski definition) is 5. The number of nitrogens with zero attached hydrogens (tertiary/aromatic N) is 3. The van der Waals surface area contributed by atoms with Crippen LogP contribution in [0.15, 0.2) is 36.7 Å². The second-order valence-corrected chi connectivity index (χ2v) is 4.11. The Morgan fingerprint density at radius 2 is 2.21 bits per heavy atom. The topological polar surface area (TPSA) is 92.3 Å². The van der Waals surface area contributed by atoms with Crippen LogP contribution in [0.25, 0.3) is 0 Å². The van der Waals surface area contributed by atoms with Crippen molar-refractivity contribution >= 4 is 17.5 Å². The number of rotatable bonds is 4. The van der Waals surface area contributed by atoms with Crippen LogP contribution in [-0.2, 0) is 6.54 Å². The summed E-state index contributed by atoms with van der Waals surface area (Å²) in [6.45, 7) is 0.493. The Kier molecular flexibility index (Phi) is 3.61. The molecule has 0 fully saturated rings. The summed E-state index contributed by atoms with van der Waals surface area (Å²) in [5.41, 5.74) is 7.00. The summed E-state index contributed by atoms with van der Waals surface area (Å²) < 4.78 is 0. The zero-order valence-corrected chi connectivity index (χ0v) is 10.4. The van der Waals surface area contributed by atoms with E-state index in [4.69, 9.17) is 5.73 Å². The van der Waals surface area contributed by atoms with E-state index in [2.05, 4.69) is 9.97 Å². The van der Waals surface area contributed by atoms with Crippen molar-refractivity contribution in [2.24, 2.45) is 0 Å². The summed E-state index contributed by atoms with van der Waals surface area (Å²) in [5.74, 6) is -0.843. The fraction of sp³-hybridized carbons (Fsp3) is 0.154. The number of aromatic nitrogens is 2. The number of hydrogen-bond donors (Lipinski definition) is 2. The second kappa shape index (κ2) is 5.34. The maximum absolute atomic E-state index is 11.2. The molecule has 6 nitrogen and oxygen atoms in total. The highest BCUT2D eigenvalue weighted by molar-refractivity contribution is 5.95. The molecule has 2 aromatic rings. The Labute approximate surface area is 110 Å². The number of nitrogen functional groups attached to an aromatic ring is 1. The fourth-order valence-electron chi connectivity index (χ4n) is 1.76. The number of anilines is 2. The van der Waals surface area contributed by atoms with Crippen molar-refractivity contribution in [3.8, 4) is 0 Å². The van der Waals surface area contributed by atoms with E-state index < -0.39 is 5.97 Å². The maximum Gasteiger partial charge on any atom is 0.338 e. The van der Waals surface area contributed by atoms with Gasteiger partial charge >= 0.3 is 5.97 Å². The minimum absolute atomic E-state index is 0.130. The number of carboxylic acid groups (broad SMARTS) is 1. The molecule has 0 radical (unpaired) electrons. The van der Waals surface area contributed by atoms with Crippen molar-refractivity contribution < 1.29 is 9.90 Å². The molecular weight excluding hydrogens is 244 g/mol. The van der Waals surface area contributed by atoms with Crippen LogP contribution in [0.2, 0.25) is 0 Å².